The summed E-state index contributed by atoms with van der Waals surface area (Å²) in [6.07, 6.45) is 18.9. The lowest BCUT2D eigenvalue weighted by atomic mass is 10.0. The minimum atomic E-state index is -4.77. The summed E-state index contributed by atoms with van der Waals surface area (Å²) in [6.45, 7) is 3.06. The molecule has 0 aliphatic rings. The molecule has 16 heteroatoms. The van der Waals surface area contributed by atoms with Gasteiger partial charge in [0, 0.05) is 19.8 Å². The van der Waals surface area contributed by atoms with E-state index in [4.69, 9.17) is 19.7 Å². The Bertz CT molecular complexity index is 1190. The van der Waals surface area contributed by atoms with Gasteiger partial charge in [0.25, 0.3) is 5.56 Å². The lowest BCUT2D eigenvalue weighted by Crippen LogP contribution is -2.13. The van der Waals surface area contributed by atoms with Crippen LogP contribution in [-0.2, 0) is 34.0 Å². The number of phosphoric acid groups is 1. The number of phosphoric ester groups is 1. The predicted molar refractivity (Wildman–Crippen MR) is 166 cm³/mol. The van der Waals surface area contributed by atoms with Crippen molar-refractivity contribution in [2.45, 2.75) is 110 Å². The second kappa shape index (κ2) is 21.2. The van der Waals surface area contributed by atoms with Crippen LogP contribution in [0.3, 0.4) is 0 Å². The van der Waals surface area contributed by atoms with Gasteiger partial charge in [0.2, 0.25) is 5.95 Å². The molecule has 2 atom stereocenters. The van der Waals surface area contributed by atoms with E-state index in [0.717, 1.165) is 12.8 Å². The largest absolute Gasteiger partial charge is 0.479 e. The number of anilines is 1. The zero-order valence-corrected chi connectivity index (χ0v) is 27.3. The highest BCUT2D eigenvalue weighted by atomic mass is 31.3. The van der Waals surface area contributed by atoms with Crippen LogP contribution in [0.5, 0.6) is 0 Å². The standard InChI is InChI=1S/C27H51N5O9P2/c1-2-3-4-5-6-7-8-9-10-11-12-13-14-15-18-38-19-16-20-40-43(36,37)41-42(34,35)23-39-21-17-32-22-29-24-25(32)30-27(28)31-26(24)33/h22H,2-21,23H2,1H3,(H,34,35)(H,36,37)(H3,28,30,31,33). The number of aromatic nitrogens is 4. The van der Waals surface area contributed by atoms with Crippen LogP contribution in [0.15, 0.2) is 11.1 Å². The molecule has 0 bridgehead atoms. The van der Waals surface area contributed by atoms with Crippen LogP contribution in [0.25, 0.3) is 11.2 Å². The minimum absolute atomic E-state index is 0.0799. The number of ether oxygens (including phenoxy) is 2. The second-order valence-corrected chi connectivity index (χ2v) is 14.1. The van der Waals surface area contributed by atoms with Gasteiger partial charge < -0.3 is 29.6 Å². The Morgan fingerprint density at radius 3 is 2.05 bits per heavy atom. The van der Waals surface area contributed by atoms with E-state index >= 15 is 0 Å². The summed E-state index contributed by atoms with van der Waals surface area (Å²) < 4.78 is 45.6. The molecule has 2 aromatic rings. The Hall–Kier alpha value is -1.63. The van der Waals surface area contributed by atoms with Gasteiger partial charge >= 0.3 is 15.4 Å². The monoisotopic (exact) mass is 651 g/mol. The SMILES string of the molecule is CCCCCCCCCCCCCCCCOCCCOP(=O)(O)OP(=O)(O)COCCn1cnc2c(=O)[nH]c(N)nc21. The summed E-state index contributed by atoms with van der Waals surface area (Å²) in [5, 5.41) is 0. The highest BCUT2D eigenvalue weighted by Crippen LogP contribution is 2.59. The Labute approximate surface area is 254 Å². The molecule has 2 heterocycles. The highest BCUT2D eigenvalue weighted by Gasteiger charge is 2.33. The molecule has 2 rings (SSSR count). The molecule has 5 N–H and O–H groups in total. The number of aromatic amines is 1. The van der Waals surface area contributed by atoms with Crippen molar-refractivity contribution >= 4 is 32.5 Å². The summed E-state index contributed by atoms with van der Waals surface area (Å²) in [4.78, 5) is 41.8. The van der Waals surface area contributed by atoms with Gasteiger partial charge in [-0.2, -0.15) is 4.98 Å². The molecule has 0 aliphatic carbocycles. The first-order valence-corrected chi connectivity index (χ1v) is 18.8. The van der Waals surface area contributed by atoms with Gasteiger partial charge in [-0.15, -0.1) is 0 Å². The quantitative estimate of drug-likeness (QED) is 0.0661. The molecule has 43 heavy (non-hydrogen) atoms. The summed E-state index contributed by atoms with van der Waals surface area (Å²) in [7, 11) is -9.36. The fraction of sp³-hybridized carbons (Fsp3) is 0.815. The van der Waals surface area contributed by atoms with E-state index < -0.39 is 27.3 Å². The van der Waals surface area contributed by atoms with E-state index in [1.807, 2.05) is 0 Å². The number of hydrogen-bond acceptors (Lipinski definition) is 10. The van der Waals surface area contributed by atoms with Crippen molar-refractivity contribution in [1.82, 2.24) is 19.5 Å². The third-order valence-corrected chi connectivity index (χ3v) is 9.65. The predicted octanol–water partition coefficient (Wildman–Crippen LogP) is 5.88. The third kappa shape index (κ3) is 16.9. The summed E-state index contributed by atoms with van der Waals surface area (Å²) in [5.74, 6) is -0.0799. The molecule has 0 amide bonds. The van der Waals surface area contributed by atoms with Crippen molar-refractivity contribution in [3.63, 3.8) is 0 Å². The molecule has 248 valence electrons. The average molecular weight is 652 g/mol. The van der Waals surface area contributed by atoms with Crippen molar-refractivity contribution < 1.29 is 37.2 Å². The Kier molecular flexibility index (Phi) is 18.5. The van der Waals surface area contributed by atoms with E-state index in [1.165, 1.54) is 87.9 Å². The van der Waals surface area contributed by atoms with Crippen LogP contribution in [0, 0.1) is 0 Å². The Morgan fingerprint density at radius 2 is 1.42 bits per heavy atom. The molecule has 0 aliphatic heterocycles. The Balaban J connectivity index is 1.43. The fourth-order valence-corrected chi connectivity index (χ4v) is 6.91. The van der Waals surface area contributed by atoms with E-state index in [-0.39, 0.29) is 36.9 Å². The van der Waals surface area contributed by atoms with Crippen LogP contribution in [0.1, 0.15) is 103 Å². The number of hydrogen-bond donors (Lipinski definition) is 4. The molecule has 0 saturated carbocycles. The van der Waals surface area contributed by atoms with Gasteiger partial charge in [0.1, 0.15) is 6.35 Å². The van der Waals surface area contributed by atoms with Crippen molar-refractivity contribution in [3.8, 4) is 0 Å². The maximum Gasteiger partial charge on any atom is 0.479 e. The van der Waals surface area contributed by atoms with Gasteiger partial charge in [-0.3, -0.25) is 18.9 Å². The van der Waals surface area contributed by atoms with E-state index in [0.29, 0.717) is 19.6 Å². The number of rotatable bonds is 27. The van der Waals surface area contributed by atoms with E-state index in [2.05, 4.69) is 26.2 Å². The van der Waals surface area contributed by atoms with E-state index in [1.54, 1.807) is 0 Å². The number of nitrogens with one attached hydrogen (secondary N) is 1. The zero-order valence-electron chi connectivity index (χ0n) is 25.5. The molecule has 0 fully saturated rings. The molecule has 2 aromatic heterocycles. The summed E-state index contributed by atoms with van der Waals surface area (Å²) >= 11 is 0. The van der Waals surface area contributed by atoms with E-state index in [9.17, 15) is 23.7 Å². The first kappa shape index (κ1) is 37.6. The molecule has 2 unspecified atom stereocenters. The van der Waals surface area contributed by atoms with Gasteiger partial charge in [-0.05, 0) is 12.8 Å². The topological polar surface area (TPSA) is 201 Å². The minimum Gasteiger partial charge on any atom is -0.381 e. The number of unbranched alkanes of at least 4 members (excludes halogenated alkanes) is 13. The number of H-pyrrole nitrogens is 1. The number of imidazole rings is 1. The van der Waals surface area contributed by atoms with Crippen LogP contribution >= 0.6 is 15.4 Å². The molecule has 14 nitrogen and oxygen atoms in total. The molecule has 0 radical (unpaired) electrons. The smallest absolute Gasteiger partial charge is 0.381 e. The number of nitrogens with two attached hydrogens (primary N) is 1. The van der Waals surface area contributed by atoms with Crippen LogP contribution < -0.4 is 11.3 Å². The number of nitrogen functional groups attached to an aromatic ring is 1. The lowest BCUT2D eigenvalue weighted by Gasteiger charge is -2.16. The highest BCUT2D eigenvalue weighted by molar-refractivity contribution is 7.63. The molecule has 0 saturated heterocycles. The van der Waals surface area contributed by atoms with Crippen molar-refractivity contribution in [2.24, 2.45) is 0 Å². The second-order valence-electron chi connectivity index (χ2n) is 10.7. The molecule has 0 spiro atoms. The molecular weight excluding hydrogens is 600 g/mol. The summed E-state index contributed by atoms with van der Waals surface area (Å²) in [6, 6.07) is 0. The number of fused-ring (bicyclic) bond motifs is 1. The van der Waals surface area contributed by atoms with Crippen LogP contribution in [0.4, 0.5) is 5.95 Å². The molecular formula is C27H51N5O9P2. The van der Waals surface area contributed by atoms with Gasteiger partial charge in [-0.1, -0.05) is 90.4 Å². The fourth-order valence-electron chi connectivity index (χ4n) is 4.53. The molecule has 0 aromatic carbocycles. The van der Waals surface area contributed by atoms with Gasteiger partial charge in [0.15, 0.2) is 11.2 Å². The normalized spacial score (nSPS) is 14.7. The lowest BCUT2D eigenvalue weighted by molar-refractivity contribution is 0.107. The first-order chi connectivity index (χ1) is 20.6. The summed E-state index contributed by atoms with van der Waals surface area (Å²) in [5.41, 5.74) is 5.36. The average Bonchev–Trinajstić information content (AvgIpc) is 3.34. The van der Waals surface area contributed by atoms with Crippen LogP contribution in [-0.4, -0.2) is 62.1 Å². The third-order valence-electron chi connectivity index (χ3n) is 6.78. The Morgan fingerprint density at radius 1 is 0.837 bits per heavy atom. The van der Waals surface area contributed by atoms with Gasteiger partial charge in [-0.25, -0.2) is 13.9 Å². The van der Waals surface area contributed by atoms with Crippen LogP contribution in [0.2, 0.25) is 0 Å². The first-order valence-electron chi connectivity index (χ1n) is 15.5. The zero-order chi connectivity index (χ0) is 31.4. The number of nitrogens with zero attached hydrogens (tertiary/aromatic N) is 3. The van der Waals surface area contributed by atoms with Crippen molar-refractivity contribution in [2.75, 3.05) is 38.5 Å². The van der Waals surface area contributed by atoms with Crippen molar-refractivity contribution in [1.29, 1.82) is 0 Å². The maximum absolute atomic E-state index is 12.2. The van der Waals surface area contributed by atoms with Crippen molar-refractivity contribution in [3.05, 3.63) is 16.7 Å². The maximum atomic E-state index is 12.2. The van der Waals surface area contributed by atoms with Gasteiger partial charge in [0.05, 0.1) is 19.5 Å².